The van der Waals surface area contributed by atoms with E-state index >= 15 is 0 Å². The van der Waals surface area contributed by atoms with Crippen LogP contribution in [0, 0.1) is 20.8 Å². The van der Waals surface area contributed by atoms with Gasteiger partial charge in [0.25, 0.3) is 0 Å². The Hall–Kier alpha value is -1.91. The van der Waals surface area contributed by atoms with Gasteiger partial charge in [-0.05, 0) is 69.5 Å². The Labute approximate surface area is 156 Å². The van der Waals surface area contributed by atoms with Crippen molar-refractivity contribution in [2.45, 2.75) is 40.2 Å². The van der Waals surface area contributed by atoms with Gasteiger partial charge in [0.05, 0.1) is 16.1 Å². The molecule has 0 amide bonds. The van der Waals surface area contributed by atoms with E-state index in [-0.39, 0.29) is 5.54 Å². The van der Waals surface area contributed by atoms with E-state index in [0.717, 1.165) is 10.4 Å². The molecule has 128 valence electrons. The molecule has 4 rings (SSSR count). The van der Waals surface area contributed by atoms with Gasteiger partial charge in [-0.1, -0.05) is 38.9 Å². The van der Waals surface area contributed by atoms with E-state index in [9.17, 15) is 0 Å². The van der Waals surface area contributed by atoms with Crippen molar-refractivity contribution in [1.82, 2.24) is 0 Å². The molecule has 0 fully saturated rings. The highest BCUT2D eigenvalue weighted by Crippen LogP contribution is 2.45. The summed E-state index contributed by atoms with van der Waals surface area (Å²) in [5, 5.41) is 3.70. The predicted octanol–water partition coefficient (Wildman–Crippen LogP) is 6.29. The summed E-state index contributed by atoms with van der Waals surface area (Å²) >= 11 is 0. The van der Waals surface area contributed by atoms with E-state index in [4.69, 9.17) is 4.99 Å². The molecule has 1 aliphatic heterocycles. The van der Waals surface area contributed by atoms with E-state index in [1.807, 2.05) is 10.3 Å². The first-order chi connectivity index (χ1) is 11.8. The molecule has 2 nitrogen and oxygen atoms in total. The molecule has 0 radical (unpaired) electrons. The Bertz CT molecular complexity index is 1020. The van der Waals surface area contributed by atoms with Crippen molar-refractivity contribution in [3.05, 3.63) is 62.6 Å². The van der Waals surface area contributed by atoms with Gasteiger partial charge in [-0.2, -0.15) is 0 Å². The maximum Gasteiger partial charge on any atom is 0.135 e. The van der Waals surface area contributed by atoms with Crippen LogP contribution in [0.2, 0.25) is 0 Å². The smallest absolute Gasteiger partial charge is 0.135 e. The largest absolute Gasteiger partial charge is 0.375 e. The molecule has 1 aromatic heterocycles. The lowest BCUT2D eigenvalue weighted by Crippen LogP contribution is -2.31. The van der Waals surface area contributed by atoms with Gasteiger partial charge in [0, 0.05) is 16.8 Å². The van der Waals surface area contributed by atoms with Gasteiger partial charge < -0.3 is 5.32 Å². The molecule has 2 aromatic carbocycles. The highest BCUT2D eigenvalue weighted by atomic mass is 32.9. The van der Waals surface area contributed by atoms with E-state index in [0.29, 0.717) is 0 Å². The normalized spacial score (nSPS) is 15.5. The minimum absolute atomic E-state index is 0.0758. The third kappa shape index (κ3) is 2.94. The summed E-state index contributed by atoms with van der Waals surface area (Å²) in [4.78, 5) is 6.40. The van der Waals surface area contributed by atoms with E-state index in [1.54, 1.807) is 10.3 Å². The van der Waals surface area contributed by atoms with Crippen molar-refractivity contribution in [2.24, 2.45) is 4.99 Å². The molecule has 0 bridgehead atoms. The predicted molar refractivity (Wildman–Crippen MR) is 110 cm³/mol. The number of nitrogens with one attached hydrogen (secondary N) is 1. The Kier molecular flexibility index (Phi) is 3.85. The molecule has 0 saturated heterocycles. The number of nitrogens with zero attached hydrogens (tertiary/aromatic N) is 1. The van der Waals surface area contributed by atoms with Crippen LogP contribution in [0.3, 0.4) is 0 Å². The quantitative estimate of drug-likeness (QED) is 0.502. The van der Waals surface area contributed by atoms with Crippen LogP contribution in [0.15, 0.2) is 41.4 Å². The zero-order chi connectivity index (χ0) is 17.8. The Balaban J connectivity index is 1.98. The minimum Gasteiger partial charge on any atom is -0.375 e. The molecule has 0 aliphatic carbocycles. The zero-order valence-corrected chi connectivity index (χ0v) is 16.9. The summed E-state index contributed by atoms with van der Waals surface area (Å²) in [7, 11) is 3.62. The molecule has 0 spiro atoms. The molecule has 0 saturated carbocycles. The zero-order valence-electron chi connectivity index (χ0n) is 15.2. The van der Waals surface area contributed by atoms with Crippen molar-refractivity contribution in [3.63, 3.8) is 0 Å². The fraction of sp³-hybridized carbons (Fsp3) is 0.286. The second-order valence-electron chi connectivity index (χ2n) is 7.43. The second kappa shape index (κ2) is 5.82. The SMILES string of the molecule is Cc1cc(C)cc(N=c2ssc3c2-c2ccc(C)cc2NC3(C)C)c1. The summed E-state index contributed by atoms with van der Waals surface area (Å²) in [5.41, 5.74) is 8.52. The van der Waals surface area contributed by atoms with Crippen LogP contribution < -0.4 is 9.99 Å². The first-order valence-corrected chi connectivity index (χ1v) is 10.6. The molecule has 25 heavy (non-hydrogen) atoms. The molecule has 2 heterocycles. The van der Waals surface area contributed by atoms with Crippen molar-refractivity contribution >= 4 is 32.1 Å². The highest BCUT2D eigenvalue weighted by molar-refractivity contribution is 7.68. The molecule has 0 unspecified atom stereocenters. The third-order valence-electron chi connectivity index (χ3n) is 4.54. The first-order valence-electron chi connectivity index (χ1n) is 8.49. The van der Waals surface area contributed by atoms with Gasteiger partial charge in [-0.15, -0.1) is 0 Å². The molecular formula is C21H22N2S2. The summed E-state index contributed by atoms with van der Waals surface area (Å²) in [6, 6.07) is 13.2. The van der Waals surface area contributed by atoms with Gasteiger partial charge in [-0.25, -0.2) is 4.99 Å². The number of rotatable bonds is 1. The summed E-state index contributed by atoms with van der Waals surface area (Å²) in [5.74, 6) is 0. The van der Waals surface area contributed by atoms with Crippen molar-refractivity contribution in [3.8, 4) is 11.1 Å². The number of aryl methyl sites for hydroxylation is 3. The maximum absolute atomic E-state index is 5.02. The Morgan fingerprint density at radius 1 is 0.880 bits per heavy atom. The van der Waals surface area contributed by atoms with Gasteiger partial charge in [0.1, 0.15) is 4.67 Å². The number of benzene rings is 2. The fourth-order valence-electron chi connectivity index (χ4n) is 3.50. The van der Waals surface area contributed by atoms with Gasteiger partial charge in [-0.3, -0.25) is 0 Å². The minimum atomic E-state index is -0.0758. The molecule has 1 N–H and O–H groups in total. The van der Waals surface area contributed by atoms with Crippen LogP contribution in [-0.4, -0.2) is 0 Å². The standard InChI is InChI=1S/C21H22N2S2/c1-12-6-7-16-17(11-12)23-21(4,5)19-18(16)20(25-24-19)22-15-9-13(2)8-14(3)10-15/h6-11,23H,1-5H3. The van der Waals surface area contributed by atoms with Crippen LogP contribution in [-0.2, 0) is 5.54 Å². The molecule has 0 atom stereocenters. The fourth-order valence-corrected chi connectivity index (χ4v) is 6.43. The lowest BCUT2D eigenvalue weighted by Gasteiger charge is -2.33. The van der Waals surface area contributed by atoms with Crippen LogP contribution >= 0.6 is 20.7 Å². The number of hydrogen-bond acceptors (Lipinski definition) is 4. The highest BCUT2D eigenvalue weighted by Gasteiger charge is 2.33. The lowest BCUT2D eigenvalue weighted by molar-refractivity contribution is 0.619. The first kappa shape index (κ1) is 16.6. The van der Waals surface area contributed by atoms with E-state index < -0.39 is 0 Å². The summed E-state index contributed by atoms with van der Waals surface area (Å²) in [6.07, 6.45) is 0. The molecule has 4 heteroatoms. The maximum atomic E-state index is 5.02. The topological polar surface area (TPSA) is 24.4 Å². The van der Waals surface area contributed by atoms with Crippen LogP contribution in [0.25, 0.3) is 11.1 Å². The van der Waals surface area contributed by atoms with E-state index in [1.165, 1.54) is 38.4 Å². The monoisotopic (exact) mass is 366 g/mol. The van der Waals surface area contributed by atoms with Gasteiger partial charge >= 0.3 is 0 Å². The third-order valence-corrected chi connectivity index (χ3v) is 7.18. The van der Waals surface area contributed by atoms with Gasteiger partial charge in [0.2, 0.25) is 0 Å². The number of hydrogen-bond donors (Lipinski definition) is 1. The second-order valence-corrected chi connectivity index (χ2v) is 9.56. The van der Waals surface area contributed by atoms with Crippen LogP contribution in [0.5, 0.6) is 0 Å². The molecule has 3 aromatic rings. The Morgan fingerprint density at radius 2 is 1.60 bits per heavy atom. The van der Waals surface area contributed by atoms with E-state index in [2.05, 4.69) is 76.3 Å². The van der Waals surface area contributed by atoms with Crippen molar-refractivity contribution in [1.29, 1.82) is 0 Å². The Morgan fingerprint density at radius 3 is 2.32 bits per heavy atom. The summed E-state index contributed by atoms with van der Waals surface area (Å²) in [6.45, 7) is 10.9. The van der Waals surface area contributed by atoms with Crippen LogP contribution in [0.4, 0.5) is 11.4 Å². The summed E-state index contributed by atoms with van der Waals surface area (Å²) < 4.78 is 1.12. The van der Waals surface area contributed by atoms with Crippen molar-refractivity contribution in [2.75, 3.05) is 5.32 Å². The number of anilines is 1. The van der Waals surface area contributed by atoms with Crippen molar-refractivity contribution < 1.29 is 0 Å². The lowest BCUT2D eigenvalue weighted by atomic mass is 9.89. The van der Waals surface area contributed by atoms with Gasteiger partial charge in [0.15, 0.2) is 0 Å². The average molecular weight is 367 g/mol. The average Bonchev–Trinajstić information content (AvgIpc) is 2.90. The number of fused-ring (bicyclic) bond motifs is 3. The molecular weight excluding hydrogens is 344 g/mol. The molecule has 1 aliphatic rings. The van der Waals surface area contributed by atoms with Crippen LogP contribution in [0.1, 0.15) is 35.4 Å².